The zero-order valence-corrected chi connectivity index (χ0v) is 10.0. The molecule has 0 spiro atoms. The molecule has 6 heteroatoms. The lowest BCUT2D eigenvalue weighted by molar-refractivity contribution is -0.117. The molecule has 1 aromatic heterocycles. The maximum absolute atomic E-state index is 11.7. The summed E-state index contributed by atoms with van der Waals surface area (Å²) in [7, 11) is 1.61. The fraction of sp³-hybridized carbons (Fsp3) is 0.333. The van der Waals surface area contributed by atoms with Gasteiger partial charge in [-0.1, -0.05) is 0 Å². The first-order valence-corrected chi connectivity index (χ1v) is 5.77. The summed E-state index contributed by atoms with van der Waals surface area (Å²) in [5, 5.41) is 0. The molecular weight excluding hydrogens is 232 g/mol. The average molecular weight is 246 g/mol. The van der Waals surface area contributed by atoms with Gasteiger partial charge in [-0.05, 0) is 12.1 Å². The molecule has 6 nitrogen and oxygen atoms in total. The number of nitrogens with one attached hydrogen (secondary N) is 1. The lowest BCUT2D eigenvalue weighted by Gasteiger charge is -2.11. The first kappa shape index (κ1) is 11.0. The summed E-state index contributed by atoms with van der Waals surface area (Å²) >= 11 is 0. The topological polar surface area (TPSA) is 84.2 Å². The molecule has 0 radical (unpaired) electrons. The third-order valence-corrected chi connectivity index (χ3v) is 3.09. The molecular formula is C12H14N4O2. The molecule has 2 aromatic rings. The van der Waals surface area contributed by atoms with E-state index in [1.807, 2.05) is 18.2 Å². The quantitative estimate of drug-likeness (QED) is 0.814. The van der Waals surface area contributed by atoms with E-state index < -0.39 is 0 Å². The Bertz CT molecular complexity index is 607. The number of hydrogen-bond donors (Lipinski definition) is 2. The maximum atomic E-state index is 11.7. The third kappa shape index (κ3) is 1.70. The number of nitrogens with zero attached hydrogens (tertiary/aromatic N) is 2. The molecule has 1 saturated heterocycles. The molecule has 3 N–H and O–H groups in total. The summed E-state index contributed by atoms with van der Waals surface area (Å²) in [6, 6.07) is 5.44. The lowest BCUT2D eigenvalue weighted by atomic mass is 10.3. The Hall–Kier alpha value is -2.08. The highest BCUT2D eigenvalue weighted by Gasteiger charge is 2.29. The summed E-state index contributed by atoms with van der Waals surface area (Å²) in [6.45, 7) is 0.510. The monoisotopic (exact) mass is 246 g/mol. The van der Waals surface area contributed by atoms with Crippen molar-refractivity contribution < 1.29 is 9.53 Å². The summed E-state index contributed by atoms with van der Waals surface area (Å²) in [4.78, 5) is 20.9. The van der Waals surface area contributed by atoms with Crippen molar-refractivity contribution >= 4 is 22.9 Å². The fourth-order valence-electron chi connectivity index (χ4n) is 2.17. The highest BCUT2D eigenvalue weighted by molar-refractivity contribution is 5.96. The predicted molar refractivity (Wildman–Crippen MR) is 67.6 cm³/mol. The van der Waals surface area contributed by atoms with E-state index in [9.17, 15) is 4.79 Å². The number of H-pyrrole nitrogens is 1. The van der Waals surface area contributed by atoms with Gasteiger partial charge in [-0.25, -0.2) is 4.98 Å². The van der Waals surface area contributed by atoms with Crippen LogP contribution in [0, 0.1) is 0 Å². The first-order chi connectivity index (χ1) is 8.67. The van der Waals surface area contributed by atoms with Crippen molar-refractivity contribution in [3.05, 3.63) is 18.2 Å². The SMILES string of the molecule is COc1ccc2nc(N3CC(N)CC3=O)[nH]c2c1. The van der Waals surface area contributed by atoms with Gasteiger partial charge in [0.2, 0.25) is 11.9 Å². The van der Waals surface area contributed by atoms with E-state index in [1.165, 1.54) is 0 Å². The van der Waals surface area contributed by atoms with Crippen LogP contribution in [0.5, 0.6) is 5.75 Å². The van der Waals surface area contributed by atoms with Gasteiger partial charge >= 0.3 is 0 Å². The van der Waals surface area contributed by atoms with Crippen LogP contribution in [0.3, 0.4) is 0 Å². The Morgan fingerprint density at radius 2 is 2.39 bits per heavy atom. The number of methoxy groups -OCH3 is 1. The molecule has 0 bridgehead atoms. The van der Waals surface area contributed by atoms with Gasteiger partial charge in [0.25, 0.3) is 0 Å². The van der Waals surface area contributed by atoms with Crippen LogP contribution in [0.4, 0.5) is 5.95 Å². The number of ether oxygens (including phenoxy) is 1. The van der Waals surface area contributed by atoms with Gasteiger partial charge in [-0.2, -0.15) is 0 Å². The van der Waals surface area contributed by atoms with Crippen LogP contribution in [0.25, 0.3) is 11.0 Å². The maximum Gasteiger partial charge on any atom is 0.230 e. The Labute approximate surface area is 104 Å². The second kappa shape index (κ2) is 3.99. The molecule has 1 aliphatic rings. The zero-order chi connectivity index (χ0) is 12.7. The van der Waals surface area contributed by atoms with Crippen molar-refractivity contribution in [2.75, 3.05) is 18.6 Å². The molecule has 1 aromatic carbocycles. The number of aromatic nitrogens is 2. The number of hydrogen-bond acceptors (Lipinski definition) is 4. The van der Waals surface area contributed by atoms with Gasteiger partial charge in [0.1, 0.15) is 5.75 Å². The van der Waals surface area contributed by atoms with E-state index in [0.717, 1.165) is 16.8 Å². The number of nitrogens with two attached hydrogens (primary N) is 1. The third-order valence-electron chi connectivity index (χ3n) is 3.09. The van der Waals surface area contributed by atoms with E-state index in [0.29, 0.717) is 18.9 Å². The first-order valence-electron chi connectivity index (χ1n) is 5.77. The van der Waals surface area contributed by atoms with E-state index in [2.05, 4.69) is 9.97 Å². The summed E-state index contributed by atoms with van der Waals surface area (Å²) in [5.41, 5.74) is 7.42. The van der Waals surface area contributed by atoms with Gasteiger partial charge in [0.15, 0.2) is 0 Å². The van der Waals surface area contributed by atoms with Gasteiger partial charge in [-0.15, -0.1) is 0 Å². The molecule has 0 aliphatic carbocycles. The van der Waals surface area contributed by atoms with Crippen LogP contribution in [-0.4, -0.2) is 35.6 Å². The molecule has 18 heavy (non-hydrogen) atoms. The molecule has 2 heterocycles. The number of imidazole rings is 1. The van der Waals surface area contributed by atoms with E-state index >= 15 is 0 Å². The van der Waals surface area contributed by atoms with Crippen molar-refractivity contribution in [2.45, 2.75) is 12.5 Å². The van der Waals surface area contributed by atoms with Crippen LogP contribution in [-0.2, 0) is 4.79 Å². The standard InChI is InChI=1S/C12H14N4O2/c1-18-8-2-3-9-10(5-8)15-12(14-9)16-6-7(13)4-11(16)17/h2-3,5,7H,4,6,13H2,1H3,(H,14,15). The number of anilines is 1. The van der Waals surface area contributed by atoms with E-state index in [1.54, 1.807) is 12.0 Å². The normalized spacial score (nSPS) is 19.8. The minimum absolute atomic E-state index is 0.00789. The van der Waals surface area contributed by atoms with Crippen LogP contribution >= 0.6 is 0 Å². The Morgan fingerprint density at radius 3 is 3.06 bits per heavy atom. The molecule has 1 aliphatic heterocycles. The molecule has 1 fully saturated rings. The second-order valence-corrected chi connectivity index (χ2v) is 4.41. The smallest absolute Gasteiger partial charge is 0.230 e. The number of amides is 1. The summed E-state index contributed by atoms with van der Waals surface area (Å²) in [6.07, 6.45) is 0.375. The lowest BCUT2D eigenvalue weighted by Crippen LogP contribution is -2.28. The molecule has 1 amide bonds. The Morgan fingerprint density at radius 1 is 1.56 bits per heavy atom. The van der Waals surface area contributed by atoms with Crippen molar-refractivity contribution in [3.63, 3.8) is 0 Å². The van der Waals surface area contributed by atoms with Crippen LogP contribution in [0.15, 0.2) is 18.2 Å². The van der Waals surface area contributed by atoms with E-state index in [4.69, 9.17) is 10.5 Å². The van der Waals surface area contributed by atoms with Gasteiger partial charge in [0.05, 0.1) is 18.1 Å². The minimum Gasteiger partial charge on any atom is -0.497 e. The Kier molecular flexibility index (Phi) is 2.45. The average Bonchev–Trinajstić information content (AvgIpc) is 2.90. The van der Waals surface area contributed by atoms with Gasteiger partial charge in [0, 0.05) is 25.1 Å². The number of aromatic amines is 1. The van der Waals surface area contributed by atoms with Crippen molar-refractivity contribution in [2.24, 2.45) is 5.73 Å². The van der Waals surface area contributed by atoms with Gasteiger partial charge in [-0.3, -0.25) is 9.69 Å². The summed E-state index contributed by atoms with van der Waals surface area (Å²) in [5.74, 6) is 1.31. The van der Waals surface area contributed by atoms with Crippen molar-refractivity contribution in [1.82, 2.24) is 9.97 Å². The second-order valence-electron chi connectivity index (χ2n) is 4.41. The molecule has 0 saturated carbocycles. The molecule has 3 rings (SSSR count). The number of fused-ring (bicyclic) bond motifs is 1. The van der Waals surface area contributed by atoms with Crippen LogP contribution < -0.4 is 15.4 Å². The predicted octanol–water partition coefficient (Wildman–Crippen LogP) is 0.635. The molecule has 1 unspecified atom stereocenters. The fourth-order valence-corrected chi connectivity index (χ4v) is 2.17. The minimum atomic E-state index is -0.111. The molecule has 94 valence electrons. The van der Waals surface area contributed by atoms with E-state index in [-0.39, 0.29) is 11.9 Å². The summed E-state index contributed by atoms with van der Waals surface area (Å²) < 4.78 is 5.15. The van der Waals surface area contributed by atoms with Crippen LogP contribution in [0.1, 0.15) is 6.42 Å². The highest BCUT2D eigenvalue weighted by atomic mass is 16.5. The number of carbonyl (C=O) groups excluding carboxylic acids is 1. The largest absolute Gasteiger partial charge is 0.497 e. The van der Waals surface area contributed by atoms with Gasteiger partial charge < -0.3 is 15.5 Å². The number of carbonyl (C=O) groups is 1. The highest BCUT2D eigenvalue weighted by Crippen LogP contribution is 2.24. The van der Waals surface area contributed by atoms with Crippen LogP contribution in [0.2, 0.25) is 0 Å². The van der Waals surface area contributed by atoms with Crippen molar-refractivity contribution in [1.29, 1.82) is 0 Å². The molecule has 1 atom stereocenters. The number of benzene rings is 1. The van der Waals surface area contributed by atoms with Crippen molar-refractivity contribution in [3.8, 4) is 5.75 Å². The zero-order valence-electron chi connectivity index (χ0n) is 10.0. The Balaban J connectivity index is 2.00. The number of rotatable bonds is 2.